The molecule has 0 amide bonds. The molecule has 3 fully saturated rings. The predicted molar refractivity (Wildman–Crippen MR) is 78.6 cm³/mol. The van der Waals surface area contributed by atoms with Crippen LogP contribution < -0.4 is 5.32 Å². The van der Waals surface area contributed by atoms with E-state index in [0.717, 1.165) is 25.3 Å². The summed E-state index contributed by atoms with van der Waals surface area (Å²) in [6, 6.07) is 1.84. The maximum Gasteiger partial charge on any atom is 0.326 e. The lowest BCUT2D eigenvalue weighted by Crippen LogP contribution is -2.53. The topological polar surface area (TPSA) is 41.6 Å². The number of nitrogens with zero attached hydrogens (tertiary/aromatic N) is 1. The van der Waals surface area contributed by atoms with Gasteiger partial charge in [-0.3, -0.25) is 15.0 Å². The molecule has 1 saturated heterocycles. The van der Waals surface area contributed by atoms with Gasteiger partial charge in [0.1, 0.15) is 5.54 Å². The molecular formula is C16H28N2O2. The van der Waals surface area contributed by atoms with Crippen molar-refractivity contribution < 1.29 is 9.53 Å². The van der Waals surface area contributed by atoms with Gasteiger partial charge >= 0.3 is 5.97 Å². The van der Waals surface area contributed by atoms with Crippen LogP contribution in [0.3, 0.4) is 0 Å². The molecule has 0 radical (unpaired) electrons. The summed E-state index contributed by atoms with van der Waals surface area (Å²) in [4.78, 5) is 15.0. The lowest BCUT2D eigenvalue weighted by molar-refractivity contribution is -0.148. The molecule has 2 saturated carbocycles. The zero-order valence-electron chi connectivity index (χ0n) is 12.9. The molecule has 0 aromatic rings. The molecule has 0 spiro atoms. The van der Waals surface area contributed by atoms with Gasteiger partial charge in [0.25, 0.3) is 0 Å². The molecular weight excluding hydrogens is 252 g/mol. The molecule has 3 atom stereocenters. The van der Waals surface area contributed by atoms with Crippen LogP contribution in [0.4, 0.5) is 0 Å². The van der Waals surface area contributed by atoms with Crippen LogP contribution in [-0.2, 0) is 9.53 Å². The van der Waals surface area contributed by atoms with Crippen molar-refractivity contribution in [3.8, 4) is 0 Å². The van der Waals surface area contributed by atoms with Crippen LogP contribution in [0.2, 0.25) is 0 Å². The van der Waals surface area contributed by atoms with Gasteiger partial charge in [0.05, 0.1) is 7.11 Å². The molecule has 0 aromatic heterocycles. The highest BCUT2D eigenvalue weighted by Gasteiger charge is 2.50. The minimum absolute atomic E-state index is 0.0425. The molecule has 3 rings (SSSR count). The summed E-state index contributed by atoms with van der Waals surface area (Å²) in [6.07, 6.45) is 9.31. The van der Waals surface area contributed by atoms with Gasteiger partial charge in [0.15, 0.2) is 0 Å². The number of methoxy groups -OCH3 is 1. The summed E-state index contributed by atoms with van der Waals surface area (Å²) in [6.45, 7) is 3.50. The maximum absolute atomic E-state index is 12.3. The summed E-state index contributed by atoms with van der Waals surface area (Å²) in [5.74, 6) is -0.0425. The lowest BCUT2D eigenvalue weighted by atomic mass is 9.96. The van der Waals surface area contributed by atoms with Crippen molar-refractivity contribution in [2.45, 2.75) is 82.0 Å². The van der Waals surface area contributed by atoms with Crippen molar-refractivity contribution in [1.29, 1.82) is 0 Å². The van der Waals surface area contributed by atoms with Gasteiger partial charge in [-0.25, -0.2) is 0 Å². The van der Waals surface area contributed by atoms with Crippen molar-refractivity contribution in [3.05, 3.63) is 0 Å². The van der Waals surface area contributed by atoms with E-state index >= 15 is 0 Å². The second kappa shape index (κ2) is 5.64. The Morgan fingerprint density at radius 3 is 2.80 bits per heavy atom. The van der Waals surface area contributed by atoms with E-state index < -0.39 is 5.54 Å². The van der Waals surface area contributed by atoms with Gasteiger partial charge in [-0.05, 0) is 57.9 Å². The van der Waals surface area contributed by atoms with Crippen LogP contribution >= 0.6 is 0 Å². The average molecular weight is 280 g/mol. The third kappa shape index (κ3) is 2.60. The van der Waals surface area contributed by atoms with Gasteiger partial charge < -0.3 is 4.74 Å². The largest absolute Gasteiger partial charge is 0.468 e. The second-order valence-electron chi connectivity index (χ2n) is 6.83. The highest BCUT2D eigenvalue weighted by molar-refractivity contribution is 5.81. The molecule has 3 unspecified atom stereocenters. The lowest BCUT2D eigenvalue weighted by Gasteiger charge is -2.32. The highest BCUT2D eigenvalue weighted by atomic mass is 16.5. The second-order valence-corrected chi connectivity index (χ2v) is 6.83. The smallest absolute Gasteiger partial charge is 0.326 e. The van der Waals surface area contributed by atoms with E-state index in [2.05, 4.69) is 17.1 Å². The van der Waals surface area contributed by atoms with E-state index in [1.54, 1.807) is 0 Å². The average Bonchev–Trinajstić information content (AvgIpc) is 2.99. The number of nitrogens with one attached hydrogen (secondary N) is 1. The van der Waals surface area contributed by atoms with Crippen LogP contribution in [0.15, 0.2) is 0 Å². The summed E-state index contributed by atoms with van der Waals surface area (Å²) in [5, 5.41) is 3.60. The normalized spacial score (nSPS) is 38.3. The van der Waals surface area contributed by atoms with Crippen LogP contribution in [0, 0.1) is 0 Å². The van der Waals surface area contributed by atoms with Crippen molar-refractivity contribution in [1.82, 2.24) is 10.2 Å². The van der Waals surface area contributed by atoms with Crippen molar-refractivity contribution >= 4 is 5.97 Å². The van der Waals surface area contributed by atoms with E-state index in [-0.39, 0.29) is 5.97 Å². The number of hydrogen-bond donors (Lipinski definition) is 1. The Bertz CT molecular complexity index is 369. The maximum atomic E-state index is 12.3. The Kier molecular flexibility index (Phi) is 4.04. The minimum atomic E-state index is -0.401. The number of esters is 1. The third-order valence-corrected chi connectivity index (χ3v) is 5.49. The van der Waals surface area contributed by atoms with Gasteiger partial charge in [-0.15, -0.1) is 0 Å². The Morgan fingerprint density at radius 1 is 1.35 bits per heavy atom. The Labute approximate surface area is 122 Å². The van der Waals surface area contributed by atoms with E-state index in [1.807, 2.05) is 0 Å². The van der Waals surface area contributed by atoms with Gasteiger partial charge in [-0.1, -0.05) is 6.92 Å². The van der Waals surface area contributed by atoms with E-state index in [1.165, 1.54) is 45.8 Å². The predicted octanol–water partition coefficient (Wildman–Crippen LogP) is 2.08. The number of ether oxygens (including phenoxy) is 1. The van der Waals surface area contributed by atoms with Crippen molar-refractivity contribution in [2.24, 2.45) is 0 Å². The number of carbonyl (C=O) groups excluding carboxylic acids is 1. The fourth-order valence-corrected chi connectivity index (χ4v) is 4.27. The van der Waals surface area contributed by atoms with Crippen LogP contribution in [0.5, 0.6) is 0 Å². The van der Waals surface area contributed by atoms with Crippen molar-refractivity contribution in [3.63, 3.8) is 0 Å². The van der Waals surface area contributed by atoms with Crippen LogP contribution in [-0.4, -0.2) is 48.2 Å². The first kappa shape index (κ1) is 14.3. The number of rotatable bonds is 5. The number of hydrogen-bond acceptors (Lipinski definition) is 4. The molecule has 3 aliphatic rings. The van der Waals surface area contributed by atoms with Gasteiger partial charge in [0, 0.05) is 18.1 Å². The molecule has 0 aromatic carbocycles. The zero-order chi connectivity index (χ0) is 14.2. The first-order valence-electron chi connectivity index (χ1n) is 8.30. The Morgan fingerprint density at radius 2 is 2.15 bits per heavy atom. The Hall–Kier alpha value is -0.610. The molecule has 1 aliphatic heterocycles. The van der Waals surface area contributed by atoms with E-state index in [4.69, 9.17) is 4.74 Å². The molecule has 4 heteroatoms. The van der Waals surface area contributed by atoms with Crippen LogP contribution in [0.25, 0.3) is 0 Å². The minimum Gasteiger partial charge on any atom is -0.468 e. The number of carbonyl (C=O) groups is 1. The number of likely N-dealkylation sites (tertiary alicyclic amines) is 1. The fraction of sp³-hybridized carbons (Fsp3) is 0.938. The molecule has 2 aliphatic carbocycles. The molecule has 0 bridgehead atoms. The summed E-state index contributed by atoms with van der Waals surface area (Å²) >= 11 is 0. The van der Waals surface area contributed by atoms with Crippen molar-refractivity contribution in [2.75, 3.05) is 13.7 Å². The molecule has 20 heavy (non-hydrogen) atoms. The quantitative estimate of drug-likeness (QED) is 0.783. The van der Waals surface area contributed by atoms with E-state index in [0.29, 0.717) is 12.1 Å². The summed E-state index contributed by atoms with van der Waals surface area (Å²) in [7, 11) is 1.52. The Balaban J connectivity index is 1.69. The third-order valence-electron chi connectivity index (χ3n) is 5.49. The highest BCUT2D eigenvalue weighted by Crippen LogP contribution is 2.39. The SMILES string of the molecule is CCC1CCCN1C1CCC(NC2CC2)(C(=O)OC)C1. The molecule has 4 nitrogen and oxygen atoms in total. The molecule has 1 N–H and O–H groups in total. The molecule has 114 valence electrons. The van der Waals surface area contributed by atoms with Gasteiger partial charge in [0.2, 0.25) is 0 Å². The fourth-order valence-electron chi connectivity index (χ4n) is 4.27. The van der Waals surface area contributed by atoms with Gasteiger partial charge in [-0.2, -0.15) is 0 Å². The monoisotopic (exact) mass is 280 g/mol. The summed E-state index contributed by atoms with van der Waals surface area (Å²) < 4.78 is 5.11. The summed E-state index contributed by atoms with van der Waals surface area (Å²) in [5.41, 5.74) is -0.401. The first-order valence-corrected chi connectivity index (χ1v) is 8.30. The standard InChI is InChI=1S/C16H28N2O2/c1-3-13-5-4-10-18(13)14-8-9-16(11-14,15(19)20-2)17-12-6-7-12/h12-14,17H,3-11H2,1-2H3. The zero-order valence-corrected chi connectivity index (χ0v) is 12.9. The van der Waals surface area contributed by atoms with Crippen LogP contribution in [0.1, 0.15) is 58.3 Å². The van der Waals surface area contributed by atoms with E-state index in [9.17, 15) is 4.79 Å². The molecule has 1 heterocycles. The first-order chi connectivity index (χ1) is 9.68.